The number of fused-ring (bicyclic) bond motifs is 3. The molecule has 0 bridgehead atoms. The SMILES string of the molecule is CC.O=C1CCC(N2C(=O)c3cc4c(cc3C2=O)CC2(C4)CN(CC(=O)N3CC(Oc4ccc(C5c6ccc(O)cc6CCC5c5ccccc5)cc4)C3)C2)C(=O)N1. The normalized spacial score (nSPS) is 23.2. The number of aromatic hydroxyl groups is 1. The summed E-state index contributed by atoms with van der Waals surface area (Å²) in [6, 6.07) is 27.4. The van der Waals surface area contributed by atoms with E-state index in [9.17, 15) is 29.1 Å². The minimum absolute atomic E-state index is 0.0253. The highest BCUT2D eigenvalue weighted by Gasteiger charge is 2.50. The summed E-state index contributed by atoms with van der Waals surface area (Å²) >= 11 is 0. The number of carbonyl (C=O) groups is 5. The van der Waals surface area contributed by atoms with Crippen LogP contribution in [0.1, 0.15) is 99.0 Å². The maximum Gasteiger partial charge on any atom is 0.262 e. The lowest BCUT2D eigenvalue weighted by Crippen LogP contribution is -2.62. The molecular formula is C47H48N4O7. The van der Waals surface area contributed by atoms with Crippen molar-refractivity contribution in [3.8, 4) is 11.5 Å². The molecule has 6 aliphatic rings. The third-order valence-electron chi connectivity index (χ3n) is 12.9. The van der Waals surface area contributed by atoms with E-state index in [1.54, 1.807) is 6.07 Å². The largest absolute Gasteiger partial charge is 0.508 e. The maximum absolute atomic E-state index is 13.3. The molecule has 298 valence electrons. The topological polar surface area (TPSA) is 137 Å². The number of likely N-dealkylation sites (tertiary alicyclic amines) is 2. The molecule has 11 nitrogen and oxygen atoms in total. The van der Waals surface area contributed by atoms with Crippen LogP contribution in [0, 0.1) is 5.41 Å². The number of phenolic OH excluding ortho intramolecular Hbond substituents is 1. The number of hydrogen-bond donors (Lipinski definition) is 2. The molecule has 4 aromatic rings. The Labute approximate surface area is 338 Å². The molecule has 2 N–H and O–H groups in total. The molecular weight excluding hydrogens is 733 g/mol. The third kappa shape index (κ3) is 6.64. The molecule has 4 aromatic carbocycles. The third-order valence-corrected chi connectivity index (χ3v) is 12.9. The molecule has 3 saturated heterocycles. The zero-order chi connectivity index (χ0) is 40.3. The van der Waals surface area contributed by atoms with Crippen LogP contribution in [0.25, 0.3) is 0 Å². The van der Waals surface area contributed by atoms with Crippen molar-refractivity contribution < 1.29 is 33.8 Å². The van der Waals surface area contributed by atoms with Crippen molar-refractivity contribution >= 4 is 29.5 Å². The highest BCUT2D eigenvalue weighted by Crippen LogP contribution is 2.48. The fraction of sp³-hybridized carbons (Fsp3) is 0.383. The molecule has 11 heteroatoms. The van der Waals surface area contributed by atoms with Gasteiger partial charge in [-0.25, -0.2) is 0 Å². The van der Waals surface area contributed by atoms with Gasteiger partial charge < -0.3 is 14.7 Å². The summed E-state index contributed by atoms with van der Waals surface area (Å²) in [5.41, 5.74) is 7.67. The van der Waals surface area contributed by atoms with Gasteiger partial charge in [-0.15, -0.1) is 0 Å². The number of phenols is 1. The molecule has 2 aliphatic carbocycles. The van der Waals surface area contributed by atoms with Gasteiger partial charge in [0.25, 0.3) is 11.8 Å². The van der Waals surface area contributed by atoms with Crippen molar-refractivity contribution in [1.29, 1.82) is 0 Å². The lowest BCUT2D eigenvalue weighted by Gasteiger charge is -2.49. The van der Waals surface area contributed by atoms with Gasteiger partial charge in [0.15, 0.2) is 0 Å². The van der Waals surface area contributed by atoms with Crippen molar-refractivity contribution in [2.24, 2.45) is 5.41 Å². The Bertz CT molecular complexity index is 2270. The molecule has 1 spiro atoms. The van der Waals surface area contributed by atoms with Crippen molar-refractivity contribution in [2.45, 2.75) is 76.4 Å². The Morgan fingerprint density at radius 3 is 2.12 bits per heavy atom. The van der Waals surface area contributed by atoms with Crippen LogP contribution in [0.15, 0.2) is 84.9 Å². The zero-order valence-electron chi connectivity index (χ0n) is 32.9. The van der Waals surface area contributed by atoms with Gasteiger partial charge in [-0.1, -0.05) is 62.4 Å². The molecule has 0 saturated carbocycles. The quantitative estimate of drug-likeness (QED) is 0.239. The van der Waals surface area contributed by atoms with Crippen LogP contribution in [-0.4, -0.2) is 94.2 Å². The van der Waals surface area contributed by atoms with E-state index < -0.39 is 29.7 Å². The Morgan fingerprint density at radius 2 is 1.47 bits per heavy atom. The fourth-order valence-corrected chi connectivity index (χ4v) is 10.3. The van der Waals surface area contributed by atoms with Crippen LogP contribution in [0.4, 0.5) is 0 Å². The molecule has 3 fully saturated rings. The Kier molecular flexibility index (Phi) is 9.66. The molecule has 4 aliphatic heterocycles. The number of carbonyl (C=O) groups excluding carboxylic acids is 5. The monoisotopic (exact) mass is 780 g/mol. The number of aryl methyl sites for hydroxylation is 1. The number of benzene rings is 4. The van der Waals surface area contributed by atoms with E-state index in [2.05, 4.69) is 58.7 Å². The first-order chi connectivity index (χ1) is 28.1. The first-order valence-electron chi connectivity index (χ1n) is 20.6. The molecule has 0 aromatic heterocycles. The fourth-order valence-electron chi connectivity index (χ4n) is 10.3. The van der Waals surface area contributed by atoms with Crippen molar-refractivity contribution in [2.75, 3.05) is 32.7 Å². The van der Waals surface area contributed by atoms with Gasteiger partial charge in [-0.3, -0.25) is 39.1 Å². The first kappa shape index (κ1) is 37.7. The number of nitrogens with one attached hydrogen (secondary N) is 1. The van der Waals surface area contributed by atoms with Gasteiger partial charge in [0.2, 0.25) is 17.7 Å². The van der Waals surface area contributed by atoms with Crippen LogP contribution < -0.4 is 10.1 Å². The summed E-state index contributed by atoms with van der Waals surface area (Å²) in [5.74, 6) is -0.306. The van der Waals surface area contributed by atoms with Crippen LogP contribution in [0.3, 0.4) is 0 Å². The summed E-state index contributed by atoms with van der Waals surface area (Å²) in [4.78, 5) is 69.0. The second-order valence-corrected chi connectivity index (χ2v) is 16.6. The van der Waals surface area contributed by atoms with Gasteiger partial charge in [-0.2, -0.15) is 0 Å². The smallest absolute Gasteiger partial charge is 0.262 e. The van der Waals surface area contributed by atoms with E-state index in [-0.39, 0.29) is 36.2 Å². The molecule has 58 heavy (non-hydrogen) atoms. The van der Waals surface area contributed by atoms with Gasteiger partial charge in [-0.05, 0) is 108 Å². The first-order valence-corrected chi connectivity index (χ1v) is 20.6. The lowest BCUT2D eigenvalue weighted by molar-refractivity contribution is -0.144. The van der Waals surface area contributed by atoms with E-state index in [1.165, 1.54) is 22.3 Å². The van der Waals surface area contributed by atoms with Gasteiger partial charge in [0.05, 0.1) is 30.8 Å². The van der Waals surface area contributed by atoms with E-state index in [4.69, 9.17) is 4.74 Å². The van der Waals surface area contributed by atoms with Crippen LogP contribution in [-0.2, 0) is 33.6 Å². The summed E-state index contributed by atoms with van der Waals surface area (Å²) in [6.07, 6.45) is 3.62. The number of amides is 5. The predicted molar refractivity (Wildman–Crippen MR) is 216 cm³/mol. The number of rotatable bonds is 7. The second-order valence-electron chi connectivity index (χ2n) is 16.6. The molecule has 5 amide bonds. The minimum Gasteiger partial charge on any atom is -0.508 e. The Morgan fingerprint density at radius 1 is 0.793 bits per heavy atom. The minimum atomic E-state index is -0.976. The highest BCUT2D eigenvalue weighted by molar-refractivity contribution is 6.23. The molecule has 4 heterocycles. The average Bonchev–Trinajstić information content (AvgIpc) is 3.69. The molecule has 10 rings (SSSR count). The lowest BCUT2D eigenvalue weighted by atomic mass is 9.69. The predicted octanol–water partition coefficient (Wildman–Crippen LogP) is 5.37. The Balaban J connectivity index is 0.00000215. The van der Waals surface area contributed by atoms with E-state index in [0.717, 1.165) is 60.5 Å². The van der Waals surface area contributed by atoms with E-state index in [1.807, 2.05) is 49.1 Å². The number of imide groups is 2. The number of piperidine rings is 1. The van der Waals surface area contributed by atoms with E-state index in [0.29, 0.717) is 42.4 Å². The van der Waals surface area contributed by atoms with Crippen molar-refractivity contribution in [1.82, 2.24) is 20.0 Å². The number of ether oxygens (including phenoxy) is 1. The summed E-state index contributed by atoms with van der Waals surface area (Å²) in [6.45, 7) is 6.96. The molecule has 3 atom stereocenters. The summed E-state index contributed by atoms with van der Waals surface area (Å²) < 4.78 is 6.30. The number of nitrogens with zero attached hydrogens (tertiary/aromatic N) is 3. The van der Waals surface area contributed by atoms with E-state index >= 15 is 0 Å². The van der Waals surface area contributed by atoms with Crippen molar-refractivity contribution in [3.05, 3.63) is 129 Å². The van der Waals surface area contributed by atoms with Gasteiger partial charge >= 0.3 is 0 Å². The summed E-state index contributed by atoms with van der Waals surface area (Å²) in [5, 5.41) is 12.4. The van der Waals surface area contributed by atoms with Crippen LogP contribution in [0.2, 0.25) is 0 Å². The van der Waals surface area contributed by atoms with Gasteiger partial charge in [0.1, 0.15) is 23.6 Å². The Hall–Kier alpha value is -5.81. The standard InChI is InChI=1S/C45H42N4O7.C2H6/c50-31-9-13-35-28(16-31)8-12-34(26-4-2-1-3-5-26)41(35)27-6-10-32(11-7-27)56-33-21-48(22-33)40(52)23-47-24-45(25-47)19-29-17-36-37(18-30(29)20-45)44(55)49(43(36)54)38-14-15-39(51)46-42(38)53;1-2/h1-7,9-11,13,16-18,33-34,38,41,50H,8,12,14-15,19-25H2,(H,46,51,53);1-2H3. The molecule has 3 unspecified atom stereocenters. The highest BCUT2D eigenvalue weighted by atomic mass is 16.5. The summed E-state index contributed by atoms with van der Waals surface area (Å²) in [7, 11) is 0. The zero-order valence-corrected chi connectivity index (χ0v) is 32.9. The van der Waals surface area contributed by atoms with Crippen LogP contribution in [0.5, 0.6) is 11.5 Å². The maximum atomic E-state index is 13.3. The number of hydrogen-bond acceptors (Lipinski definition) is 8. The molecule has 0 radical (unpaired) electrons. The van der Waals surface area contributed by atoms with Crippen molar-refractivity contribution in [3.63, 3.8) is 0 Å². The van der Waals surface area contributed by atoms with Gasteiger partial charge in [0, 0.05) is 30.8 Å². The average molecular weight is 781 g/mol. The van der Waals surface area contributed by atoms with Crippen LogP contribution >= 0.6 is 0 Å². The second kappa shape index (κ2) is 14.8.